The van der Waals surface area contributed by atoms with Crippen LogP contribution in [0.1, 0.15) is 32.3 Å². The second-order valence-corrected chi connectivity index (χ2v) is 8.78. The number of benzene rings is 1. The summed E-state index contributed by atoms with van der Waals surface area (Å²) in [7, 11) is 0. The first kappa shape index (κ1) is 23.5. The zero-order chi connectivity index (χ0) is 22.2. The first-order chi connectivity index (χ1) is 14.9. The number of halogens is 1. The Kier molecular flexibility index (Phi) is 8.65. The molecule has 6 N–H and O–H groups in total. The van der Waals surface area contributed by atoms with Gasteiger partial charge in [-0.1, -0.05) is 23.7 Å². The van der Waals surface area contributed by atoms with Crippen LogP contribution in [-0.2, 0) is 6.42 Å². The minimum absolute atomic E-state index is 0.111. The highest BCUT2D eigenvalue weighted by molar-refractivity contribution is 6.30. The third kappa shape index (κ3) is 7.46. The third-order valence-electron chi connectivity index (χ3n) is 5.60. The molecule has 172 valence electrons. The van der Waals surface area contributed by atoms with Crippen molar-refractivity contribution >= 4 is 17.6 Å². The number of piperidine rings is 1. The number of urea groups is 1. The van der Waals surface area contributed by atoms with Crippen LogP contribution < -0.4 is 27.4 Å². The lowest BCUT2D eigenvalue weighted by Crippen LogP contribution is -2.50. The van der Waals surface area contributed by atoms with E-state index >= 15 is 0 Å². The Labute approximate surface area is 189 Å². The van der Waals surface area contributed by atoms with Gasteiger partial charge >= 0.3 is 6.03 Å². The molecular formula is C21H35ClN8O. The van der Waals surface area contributed by atoms with Crippen LogP contribution in [0.25, 0.3) is 0 Å². The molecule has 0 radical (unpaired) electrons. The molecule has 2 aliphatic heterocycles. The molecule has 1 saturated heterocycles. The maximum Gasteiger partial charge on any atom is 0.315 e. The number of nitrogens with one attached hydrogen (secondary N) is 4. The quantitative estimate of drug-likeness (QED) is 0.362. The van der Waals surface area contributed by atoms with Crippen molar-refractivity contribution in [3.8, 4) is 0 Å². The van der Waals surface area contributed by atoms with Crippen molar-refractivity contribution in [2.24, 2.45) is 5.84 Å². The molecule has 1 fully saturated rings. The van der Waals surface area contributed by atoms with Crippen molar-refractivity contribution in [1.82, 2.24) is 36.5 Å². The molecule has 3 rings (SSSR count). The Morgan fingerprint density at radius 3 is 2.58 bits per heavy atom. The number of amides is 2. The van der Waals surface area contributed by atoms with E-state index in [2.05, 4.69) is 43.5 Å². The van der Waals surface area contributed by atoms with E-state index in [9.17, 15) is 4.79 Å². The molecule has 0 aliphatic carbocycles. The van der Waals surface area contributed by atoms with Gasteiger partial charge in [0.1, 0.15) is 5.82 Å². The molecule has 31 heavy (non-hydrogen) atoms. The van der Waals surface area contributed by atoms with Crippen LogP contribution in [0.5, 0.6) is 0 Å². The van der Waals surface area contributed by atoms with E-state index in [1.54, 1.807) is 0 Å². The fraction of sp³-hybridized carbons (Fsp3) is 0.571. The van der Waals surface area contributed by atoms with Gasteiger partial charge in [-0.15, -0.1) is 5.53 Å². The highest BCUT2D eigenvalue weighted by atomic mass is 35.5. The molecule has 0 unspecified atom stereocenters. The molecule has 2 heterocycles. The summed E-state index contributed by atoms with van der Waals surface area (Å²) < 4.78 is 0. The molecule has 10 heteroatoms. The predicted octanol–water partition coefficient (Wildman–Crippen LogP) is 1.35. The lowest BCUT2D eigenvalue weighted by atomic mass is 10.0. The number of rotatable bonds is 9. The average Bonchev–Trinajstić information content (AvgIpc) is 3.18. The fourth-order valence-corrected chi connectivity index (χ4v) is 4.10. The van der Waals surface area contributed by atoms with Crippen molar-refractivity contribution in [2.45, 2.75) is 45.2 Å². The first-order valence-electron chi connectivity index (χ1n) is 11.0. The molecule has 0 aromatic heterocycles. The third-order valence-corrected chi connectivity index (χ3v) is 5.85. The molecule has 9 nitrogen and oxygen atoms in total. The molecule has 0 atom stereocenters. The summed E-state index contributed by atoms with van der Waals surface area (Å²) in [5.74, 6) is 6.72. The SMILES string of the molecule is CC(C)NC(=O)NCCN(CCc1ccc(Cl)cc1)C1CCN(C2=CN(N)NN2)CC1. The van der Waals surface area contributed by atoms with Gasteiger partial charge < -0.3 is 15.5 Å². The van der Waals surface area contributed by atoms with E-state index in [-0.39, 0.29) is 12.1 Å². The van der Waals surface area contributed by atoms with Gasteiger partial charge in [0.25, 0.3) is 0 Å². The highest BCUT2D eigenvalue weighted by Crippen LogP contribution is 2.20. The number of hydrazine groups is 3. The van der Waals surface area contributed by atoms with Gasteiger partial charge in [0.05, 0.1) is 6.20 Å². The Morgan fingerprint density at radius 1 is 1.26 bits per heavy atom. The molecular weight excluding hydrogens is 416 g/mol. The van der Waals surface area contributed by atoms with Crippen LogP contribution in [-0.4, -0.2) is 65.8 Å². The van der Waals surface area contributed by atoms with Gasteiger partial charge in [-0.25, -0.2) is 15.8 Å². The second-order valence-electron chi connectivity index (χ2n) is 8.34. The van der Waals surface area contributed by atoms with Gasteiger partial charge in [-0.2, -0.15) is 0 Å². The van der Waals surface area contributed by atoms with Crippen LogP contribution in [0, 0.1) is 0 Å². The van der Waals surface area contributed by atoms with Gasteiger partial charge in [0, 0.05) is 49.8 Å². The number of nitrogens with zero attached hydrogens (tertiary/aromatic N) is 3. The summed E-state index contributed by atoms with van der Waals surface area (Å²) >= 11 is 6.02. The van der Waals surface area contributed by atoms with Crippen LogP contribution in [0.3, 0.4) is 0 Å². The normalized spacial score (nSPS) is 17.2. The molecule has 0 saturated carbocycles. The Morgan fingerprint density at radius 2 is 1.97 bits per heavy atom. The average molecular weight is 451 g/mol. The topological polar surface area (TPSA) is 101 Å². The van der Waals surface area contributed by atoms with Crippen LogP contribution in [0.15, 0.2) is 36.3 Å². The summed E-state index contributed by atoms with van der Waals surface area (Å²) in [6.07, 6.45) is 4.93. The number of hydrogen-bond acceptors (Lipinski definition) is 7. The number of carbonyl (C=O) groups is 1. The van der Waals surface area contributed by atoms with Crippen molar-refractivity contribution < 1.29 is 4.79 Å². The summed E-state index contributed by atoms with van der Waals surface area (Å²) in [5.41, 5.74) is 7.22. The predicted molar refractivity (Wildman–Crippen MR) is 123 cm³/mol. The van der Waals surface area contributed by atoms with E-state index in [0.717, 1.165) is 56.3 Å². The van der Waals surface area contributed by atoms with E-state index in [1.165, 1.54) is 10.7 Å². The summed E-state index contributed by atoms with van der Waals surface area (Å²) in [5, 5.41) is 8.04. The van der Waals surface area contributed by atoms with Crippen LogP contribution in [0.2, 0.25) is 5.02 Å². The zero-order valence-electron chi connectivity index (χ0n) is 18.4. The van der Waals surface area contributed by atoms with E-state index in [4.69, 9.17) is 17.4 Å². The van der Waals surface area contributed by atoms with E-state index in [0.29, 0.717) is 12.6 Å². The second kappa shape index (κ2) is 11.4. The maximum absolute atomic E-state index is 11.9. The van der Waals surface area contributed by atoms with Crippen LogP contribution in [0.4, 0.5) is 4.79 Å². The summed E-state index contributed by atoms with van der Waals surface area (Å²) in [4.78, 5) is 16.8. The molecule has 2 amide bonds. The maximum atomic E-state index is 11.9. The monoisotopic (exact) mass is 450 g/mol. The van der Waals surface area contributed by atoms with E-state index in [1.807, 2.05) is 32.2 Å². The molecule has 2 aliphatic rings. The Hall–Kier alpha value is -2.20. The highest BCUT2D eigenvalue weighted by Gasteiger charge is 2.26. The minimum Gasteiger partial charge on any atom is -0.356 e. The lowest BCUT2D eigenvalue weighted by Gasteiger charge is -2.39. The van der Waals surface area contributed by atoms with E-state index < -0.39 is 0 Å². The Balaban J connectivity index is 1.53. The number of carbonyl (C=O) groups excluding carboxylic acids is 1. The summed E-state index contributed by atoms with van der Waals surface area (Å²) in [6, 6.07) is 8.54. The van der Waals surface area contributed by atoms with Gasteiger partial charge in [0.2, 0.25) is 0 Å². The zero-order valence-corrected chi connectivity index (χ0v) is 19.2. The lowest BCUT2D eigenvalue weighted by molar-refractivity contribution is 0.121. The van der Waals surface area contributed by atoms with Gasteiger partial charge in [-0.3, -0.25) is 10.3 Å². The van der Waals surface area contributed by atoms with Crippen molar-refractivity contribution in [3.05, 3.63) is 46.9 Å². The standard InChI is InChI=1S/C21H35ClN8O/c1-16(2)25-21(31)24-10-14-28(11-7-17-3-5-18(22)6-4-17)19-8-12-29(13-9-19)20-15-30(23)27-26-20/h3-6,15-16,19,26-27H,7-14,23H2,1-2H3,(H2,24,25,31). The molecule has 0 bridgehead atoms. The summed E-state index contributed by atoms with van der Waals surface area (Å²) in [6.45, 7) is 8.22. The van der Waals surface area contributed by atoms with Crippen molar-refractivity contribution in [3.63, 3.8) is 0 Å². The molecule has 0 spiro atoms. The van der Waals surface area contributed by atoms with Gasteiger partial charge in [0.15, 0.2) is 0 Å². The van der Waals surface area contributed by atoms with Crippen molar-refractivity contribution in [2.75, 3.05) is 32.7 Å². The number of nitrogens with two attached hydrogens (primary N) is 1. The fourth-order valence-electron chi connectivity index (χ4n) is 3.98. The number of hydrogen-bond donors (Lipinski definition) is 5. The Bertz CT molecular complexity index is 733. The number of likely N-dealkylation sites (tertiary alicyclic amines) is 1. The largest absolute Gasteiger partial charge is 0.356 e. The molecule has 1 aromatic rings. The van der Waals surface area contributed by atoms with Gasteiger partial charge in [-0.05, 0) is 50.8 Å². The molecule has 1 aromatic carbocycles. The van der Waals surface area contributed by atoms with Crippen LogP contribution >= 0.6 is 11.6 Å². The first-order valence-corrected chi connectivity index (χ1v) is 11.3. The smallest absolute Gasteiger partial charge is 0.315 e. The van der Waals surface area contributed by atoms with Crippen molar-refractivity contribution in [1.29, 1.82) is 0 Å². The minimum atomic E-state index is -0.111.